The van der Waals surface area contributed by atoms with E-state index in [1.54, 1.807) is 4.90 Å². The van der Waals surface area contributed by atoms with E-state index in [2.05, 4.69) is 22.5 Å². The highest BCUT2D eigenvalue weighted by atomic mass is 79.9. The third-order valence-electron chi connectivity index (χ3n) is 2.27. The van der Waals surface area contributed by atoms with Gasteiger partial charge in [0.1, 0.15) is 5.60 Å². The maximum atomic E-state index is 11.8. The molecule has 1 rings (SSSR count). The predicted molar refractivity (Wildman–Crippen MR) is 68.6 cm³/mol. The first kappa shape index (κ1) is 13.3. The van der Waals surface area contributed by atoms with Gasteiger partial charge in [-0.2, -0.15) is 0 Å². The molecule has 1 aliphatic rings. The summed E-state index contributed by atoms with van der Waals surface area (Å²) >= 11 is 3.35. The quantitative estimate of drug-likeness (QED) is 0.739. The van der Waals surface area contributed by atoms with Gasteiger partial charge < -0.3 is 4.74 Å². The van der Waals surface area contributed by atoms with E-state index in [1.807, 2.05) is 27.7 Å². The van der Waals surface area contributed by atoms with Crippen LogP contribution in [0.3, 0.4) is 0 Å². The van der Waals surface area contributed by atoms with Crippen molar-refractivity contribution in [2.24, 2.45) is 0 Å². The highest BCUT2D eigenvalue weighted by Crippen LogP contribution is 2.27. The first-order valence-electron chi connectivity index (χ1n) is 5.22. The number of ether oxygens (including phenoxy) is 1. The van der Waals surface area contributed by atoms with Gasteiger partial charge in [0.25, 0.3) is 0 Å². The Morgan fingerprint density at radius 2 is 2.00 bits per heavy atom. The van der Waals surface area contributed by atoms with Crippen molar-refractivity contribution in [2.75, 3.05) is 13.1 Å². The molecule has 0 aliphatic carbocycles. The molecular formula is C12H18BrNO2. The lowest BCUT2D eigenvalue weighted by atomic mass is 10.2. The third-order valence-corrected chi connectivity index (χ3v) is 2.75. The fraction of sp³-hybridized carbons (Fsp3) is 0.583. The van der Waals surface area contributed by atoms with Crippen LogP contribution in [-0.4, -0.2) is 29.7 Å². The fourth-order valence-corrected chi connectivity index (χ4v) is 2.00. The molecule has 0 atom stereocenters. The molecule has 0 saturated carbocycles. The molecule has 1 amide bonds. The van der Waals surface area contributed by atoms with E-state index in [-0.39, 0.29) is 6.09 Å². The molecule has 0 aromatic rings. The third kappa shape index (κ3) is 3.37. The minimum atomic E-state index is -0.445. The van der Waals surface area contributed by atoms with Gasteiger partial charge in [0.15, 0.2) is 0 Å². The van der Waals surface area contributed by atoms with Crippen molar-refractivity contribution in [3.63, 3.8) is 0 Å². The van der Waals surface area contributed by atoms with Crippen molar-refractivity contribution in [3.8, 4) is 0 Å². The van der Waals surface area contributed by atoms with Gasteiger partial charge in [0, 0.05) is 11.0 Å². The average molecular weight is 288 g/mol. The maximum Gasteiger partial charge on any atom is 0.410 e. The van der Waals surface area contributed by atoms with Gasteiger partial charge in [-0.25, -0.2) is 4.79 Å². The molecule has 0 aromatic heterocycles. The normalized spacial score (nSPS) is 16.7. The summed E-state index contributed by atoms with van der Waals surface area (Å²) in [6.45, 7) is 12.6. The zero-order valence-electron chi connectivity index (χ0n) is 10.3. The molecule has 0 fully saturated rings. The zero-order valence-corrected chi connectivity index (χ0v) is 11.8. The van der Waals surface area contributed by atoms with Crippen LogP contribution in [0.25, 0.3) is 0 Å². The standard InChI is InChI=1S/C12H18BrNO2/c1-8-6-14(7-10(8)9(2)13)11(15)16-12(3,4)5/h2,6-7H2,1,3-5H3. The van der Waals surface area contributed by atoms with Crippen molar-refractivity contribution in [2.45, 2.75) is 33.3 Å². The summed E-state index contributed by atoms with van der Waals surface area (Å²) in [6.07, 6.45) is -0.268. The molecule has 0 aromatic carbocycles. The fourth-order valence-electron chi connectivity index (χ4n) is 1.54. The SMILES string of the molecule is C=C(Br)C1=C(C)CN(C(=O)OC(C)(C)C)C1. The van der Waals surface area contributed by atoms with Crippen molar-refractivity contribution >= 4 is 22.0 Å². The summed E-state index contributed by atoms with van der Waals surface area (Å²) in [5.41, 5.74) is 1.80. The minimum absolute atomic E-state index is 0.268. The number of amides is 1. The predicted octanol–water partition coefficient (Wildman–Crippen LogP) is 3.46. The summed E-state index contributed by atoms with van der Waals surface area (Å²) in [5, 5.41) is 0. The first-order chi connectivity index (χ1) is 7.20. The second-order valence-corrected chi connectivity index (χ2v) is 5.96. The van der Waals surface area contributed by atoms with E-state index in [0.717, 1.165) is 15.6 Å². The molecule has 1 heterocycles. The Bertz CT molecular complexity index is 353. The molecule has 0 unspecified atom stereocenters. The highest BCUT2D eigenvalue weighted by Gasteiger charge is 2.28. The van der Waals surface area contributed by atoms with Gasteiger partial charge in [-0.3, -0.25) is 4.90 Å². The Hall–Kier alpha value is -0.770. The van der Waals surface area contributed by atoms with Gasteiger partial charge in [-0.15, -0.1) is 0 Å². The summed E-state index contributed by atoms with van der Waals surface area (Å²) in [6, 6.07) is 0. The highest BCUT2D eigenvalue weighted by molar-refractivity contribution is 9.11. The maximum absolute atomic E-state index is 11.8. The van der Waals surface area contributed by atoms with Crippen LogP contribution in [0.1, 0.15) is 27.7 Å². The van der Waals surface area contributed by atoms with Gasteiger partial charge in [-0.05, 0) is 38.8 Å². The number of halogens is 1. The van der Waals surface area contributed by atoms with E-state index in [1.165, 1.54) is 0 Å². The first-order valence-corrected chi connectivity index (χ1v) is 6.01. The molecule has 90 valence electrons. The van der Waals surface area contributed by atoms with Crippen LogP contribution < -0.4 is 0 Å². The van der Waals surface area contributed by atoms with Gasteiger partial charge in [0.05, 0.1) is 6.54 Å². The van der Waals surface area contributed by atoms with Crippen LogP contribution in [0.15, 0.2) is 22.2 Å². The topological polar surface area (TPSA) is 29.5 Å². The van der Waals surface area contributed by atoms with E-state index in [0.29, 0.717) is 13.1 Å². The molecule has 0 N–H and O–H groups in total. The van der Waals surface area contributed by atoms with Crippen LogP contribution in [0, 0.1) is 0 Å². The number of nitrogens with zero attached hydrogens (tertiary/aromatic N) is 1. The van der Waals surface area contributed by atoms with Crippen LogP contribution >= 0.6 is 15.9 Å². The van der Waals surface area contributed by atoms with Crippen molar-refractivity contribution in [1.29, 1.82) is 0 Å². The van der Waals surface area contributed by atoms with E-state index in [4.69, 9.17) is 4.74 Å². The molecule has 0 saturated heterocycles. The van der Waals surface area contributed by atoms with Gasteiger partial charge in [0.2, 0.25) is 0 Å². The number of rotatable bonds is 1. The lowest BCUT2D eigenvalue weighted by Gasteiger charge is -2.24. The molecule has 0 radical (unpaired) electrons. The molecule has 3 nitrogen and oxygen atoms in total. The second kappa shape index (κ2) is 4.62. The van der Waals surface area contributed by atoms with Crippen molar-refractivity contribution in [3.05, 3.63) is 22.2 Å². The molecule has 0 spiro atoms. The van der Waals surface area contributed by atoms with Crippen molar-refractivity contribution in [1.82, 2.24) is 4.90 Å². The van der Waals surface area contributed by atoms with Gasteiger partial charge >= 0.3 is 6.09 Å². The second-order valence-electron chi connectivity index (χ2n) is 5.00. The van der Waals surface area contributed by atoms with Crippen LogP contribution in [0.5, 0.6) is 0 Å². The van der Waals surface area contributed by atoms with Crippen LogP contribution in [-0.2, 0) is 4.74 Å². The van der Waals surface area contributed by atoms with Crippen molar-refractivity contribution < 1.29 is 9.53 Å². The number of hydrogen-bond donors (Lipinski definition) is 0. The largest absolute Gasteiger partial charge is 0.444 e. The Morgan fingerprint density at radius 1 is 1.44 bits per heavy atom. The lowest BCUT2D eigenvalue weighted by Crippen LogP contribution is -2.35. The van der Waals surface area contributed by atoms with Gasteiger partial charge in [-0.1, -0.05) is 22.5 Å². The summed E-state index contributed by atoms with van der Waals surface area (Å²) in [4.78, 5) is 13.5. The Labute approximate surface area is 105 Å². The van der Waals surface area contributed by atoms with Crippen LogP contribution in [0.4, 0.5) is 4.79 Å². The Balaban J connectivity index is 2.63. The van der Waals surface area contributed by atoms with Crippen LogP contribution in [0.2, 0.25) is 0 Å². The van der Waals surface area contributed by atoms with E-state index in [9.17, 15) is 4.79 Å². The summed E-state index contributed by atoms with van der Waals surface area (Å²) in [5.74, 6) is 0. The number of hydrogen-bond acceptors (Lipinski definition) is 2. The number of carbonyl (C=O) groups is 1. The van der Waals surface area contributed by atoms with E-state index >= 15 is 0 Å². The smallest absolute Gasteiger partial charge is 0.410 e. The molecular weight excluding hydrogens is 270 g/mol. The van der Waals surface area contributed by atoms with E-state index < -0.39 is 5.60 Å². The Morgan fingerprint density at radius 3 is 2.38 bits per heavy atom. The lowest BCUT2D eigenvalue weighted by molar-refractivity contribution is 0.0300. The Kier molecular flexibility index (Phi) is 3.84. The zero-order chi connectivity index (χ0) is 12.5. The molecule has 4 heteroatoms. The molecule has 1 aliphatic heterocycles. The molecule has 0 bridgehead atoms. The monoisotopic (exact) mass is 287 g/mol. The summed E-state index contributed by atoms with van der Waals surface area (Å²) < 4.78 is 6.16. The molecule has 16 heavy (non-hydrogen) atoms. The number of carbonyl (C=O) groups excluding carboxylic acids is 1. The minimum Gasteiger partial charge on any atom is -0.444 e. The average Bonchev–Trinajstić information content (AvgIpc) is 2.44. The summed E-state index contributed by atoms with van der Waals surface area (Å²) in [7, 11) is 0.